The Morgan fingerprint density at radius 1 is 1.24 bits per heavy atom. The smallest absolute Gasteiger partial charge is 0.0128 e. The molecule has 0 aliphatic heterocycles. The maximum atomic E-state index is 3.64. The first-order chi connectivity index (χ1) is 7.95. The standard InChI is InChI=1S/C15H32N2/c1-6-16-14(15(2,3)4)11-12-17(5)13-9-7-8-10-13/h13-14,16H,6-12H2,1-5H3. The van der Waals surface area contributed by atoms with E-state index in [2.05, 4.69) is 45.0 Å². The van der Waals surface area contributed by atoms with E-state index in [1.165, 1.54) is 38.6 Å². The number of nitrogens with zero attached hydrogens (tertiary/aromatic N) is 1. The van der Waals surface area contributed by atoms with Gasteiger partial charge in [0, 0.05) is 12.1 Å². The molecule has 1 aliphatic carbocycles. The maximum absolute atomic E-state index is 3.64. The van der Waals surface area contributed by atoms with Crippen molar-refractivity contribution in [3.63, 3.8) is 0 Å². The molecule has 0 saturated heterocycles. The lowest BCUT2D eigenvalue weighted by Crippen LogP contribution is -2.43. The number of rotatable bonds is 6. The Bertz CT molecular complexity index is 201. The lowest BCUT2D eigenvalue weighted by Gasteiger charge is -2.34. The van der Waals surface area contributed by atoms with Crippen molar-refractivity contribution in [3.8, 4) is 0 Å². The second-order valence-corrected chi connectivity index (χ2v) is 6.68. The second kappa shape index (κ2) is 6.75. The lowest BCUT2D eigenvalue weighted by atomic mass is 9.84. The average molecular weight is 240 g/mol. The van der Waals surface area contributed by atoms with Crippen LogP contribution in [0.4, 0.5) is 0 Å². The Balaban J connectivity index is 2.35. The molecule has 0 spiro atoms. The summed E-state index contributed by atoms with van der Waals surface area (Å²) in [5.41, 5.74) is 0.368. The lowest BCUT2D eigenvalue weighted by molar-refractivity contribution is 0.193. The first-order valence-electron chi connectivity index (χ1n) is 7.38. The van der Waals surface area contributed by atoms with Gasteiger partial charge < -0.3 is 10.2 Å². The minimum absolute atomic E-state index is 0.368. The molecule has 1 saturated carbocycles. The van der Waals surface area contributed by atoms with E-state index in [1.54, 1.807) is 0 Å². The molecule has 0 bridgehead atoms. The third kappa shape index (κ3) is 4.97. The summed E-state index contributed by atoms with van der Waals surface area (Å²) in [6.07, 6.45) is 6.97. The van der Waals surface area contributed by atoms with E-state index in [1.807, 2.05) is 0 Å². The van der Waals surface area contributed by atoms with E-state index < -0.39 is 0 Å². The molecule has 0 aromatic carbocycles. The average Bonchev–Trinajstić information content (AvgIpc) is 2.75. The van der Waals surface area contributed by atoms with Gasteiger partial charge >= 0.3 is 0 Å². The molecule has 0 aromatic heterocycles. The highest BCUT2D eigenvalue weighted by molar-refractivity contribution is 4.82. The van der Waals surface area contributed by atoms with Crippen LogP contribution in [0.15, 0.2) is 0 Å². The summed E-state index contributed by atoms with van der Waals surface area (Å²) in [7, 11) is 2.31. The zero-order valence-electron chi connectivity index (χ0n) is 12.6. The summed E-state index contributed by atoms with van der Waals surface area (Å²) < 4.78 is 0. The van der Waals surface area contributed by atoms with Gasteiger partial charge in [0.1, 0.15) is 0 Å². The Labute approximate surface area is 108 Å². The molecule has 0 radical (unpaired) electrons. The summed E-state index contributed by atoms with van der Waals surface area (Å²) >= 11 is 0. The minimum Gasteiger partial charge on any atom is -0.314 e. The monoisotopic (exact) mass is 240 g/mol. The van der Waals surface area contributed by atoms with Crippen molar-refractivity contribution in [2.24, 2.45) is 5.41 Å². The van der Waals surface area contributed by atoms with Crippen LogP contribution in [0.5, 0.6) is 0 Å². The van der Waals surface area contributed by atoms with E-state index in [0.29, 0.717) is 11.5 Å². The largest absolute Gasteiger partial charge is 0.314 e. The van der Waals surface area contributed by atoms with Gasteiger partial charge in [-0.3, -0.25) is 0 Å². The van der Waals surface area contributed by atoms with E-state index in [-0.39, 0.29) is 0 Å². The molecular formula is C15H32N2. The van der Waals surface area contributed by atoms with E-state index in [4.69, 9.17) is 0 Å². The Morgan fingerprint density at radius 3 is 2.29 bits per heavy atom. The quantitative estimate of drug-likeness (QED) is 0.766. The predicted molar refractivity (Wildman–Crippen MR) is 76.4 cm³/mol. The van der Waals surface area contributed by atoms with Crippen molar-refractivity contribution in [2.45, 2.75) is 71.9 Å². The highest BCUT2D eigenvalue weighted by Crippen LogP contribution is 2.25. The summed E-state index contributed by atoms with van der Waals surface area (Å²) in [6, 6.07) is 1.49. The third-order valence-corrected chi connectivity index (χ3v) is 4.21. The van der Waals surface area contributed by atoms with Crippen LogP contribution in [-0.2, 0) is 0 Å². The third-order valence-electron chi connectivity index (χ3n) is 4.21. The van der Waals surface area contributed by atoms with Crippen LogP contribution >= 0.6 is 0 Å². The number of nitrogens with one attached hydrogen (secondary N) is 1. The topological polar surface area (TPSA) is 15.3 Å². The van der Waals surface area contributed by atoms with Gasteiger partial charge in [0.05, 0.1) is 0 Å². The summed E-state index contributed by atoms with van der Waals surface area (Å²) in [6.45, 7) is 11.6. The molecular weight excluding hydrogens is 208 g/mol. The van der Waals surface area contributed by atoms with Gasteiger partial charge in [-0.05, 0) is 44.8 Å². The summed E-state index contributed by atoms with van der Waals surface area (Å²) in [5, 5.41) is 3.64. The van der Waals surface area contributed by atoms with E-state index in [0.717, 1.165) is 12.6 Å². The van der Waals surface area contributed by atoms with Crippen LogP contribution in [0.1, 0.15) is 59.8 Å². The van der Waals surface area contributed by atoms with Gasteiger partial charge in [-0.1, -0.05) is 40.5 Å². The fourth-order valence-electron chi connectivity index (χ4n) is 2.95. The fraction of sp³-hybridized carbons (Fsp3) is 1.00. The van der Waals surface area contributed by atoms with E-state index in [9.17, 15) is 0 Å². The first-order valence-corrected chi connectivity index (χ1v) is 7.38. The van der Waals surface area contributed by atoms with E-state index >= 15 is 0 Å². The molecule has 1 unspecified atom stereocenters. The second-order valence-electron chi connectivity index (χ2n) is 6.68. The Hall–Kier alpha value is -0.0800. The molecule has 0 heterocycles. The minimum atomic E-state index is 0.368. The molecule has 17 heavy (non-hydrogen) atoms. The van der Waals surface area contributed by atoms with Crippen molar-refractivity contribution in [1.29, 1.82) is 0 Å². The van der Waals surface area contributed by atoms with Gasteiger partial charge in [-0.25, -0.2) is 0 Å². The summed E-state index contributed by atoms with van der Waals surface area (Å²) in [4.78, 5) is 2.59. The molecule has 1 N–H and O–H groups in total. The molecule has 1 atom stereocenters. The predicted octanol–water partition coefficient (Wildman–Crippen LogP) is 3.28. The van der Waals surface area contributed by atoms with Crippen molar-refractivity contribution < 1.29 is 0 Å². The van der Waals surface area contributed by atoms with Crippen LogP contribution in [0.2, 0.25) is 0 Å². The Kier molecular flexibility index (Phi) is 5.94. The molecule has 0 aromatic rings. The molecule has 1 rings (SSSR count). The SMILES string of the molecule is CCNC(CCN(C)C1CCCC1)C(C)(C)C. The molecule has 2 nitrogen and oxygen atoms in total. The van der Waals surface area contributed by atoms with Crippen LogP contribution in [0.3, 0.4) is 0 Å². The molecule has 1 aliphatic rings. The van der Waals surface area contributed by atoms with Gasteiger partial charge in [-0.2, -0.15) is 0 Å². The Morgan fingerprint density at radius 2 is 1.82 bits per heavy atom. The first kappa shape index (κ1) is 15.0. The highest BCUT2D eigenvalue weighted by atomic mass is 15.1. The zero-order chi connectivity index (χ0) is 12.9. The van der Waals surface area contributed by atoms with Crippen LogP contribution in [0.25, 0.3) is 0 Å². The highest BCUT2D eigenvalue weighted by Gasteiger charge is 2.25. The molecule has 102 valence electrons. The molecule has 0 amide bonds. The van der Waals surface area contributed by atoms with Crippen LogP contribution < -0.4 is 5.32 Å². The van der Waals surface area contributed by atoms with Gasteiger partial charge in [0.2, 0.25) is 0 Å². The zero-order valence-corrected chi connectivity index (χ0v) is 12.6. The van der Waals surface area contributed by atoms with Crippen molar-refractivity contribution in [1.82, 2.24) is 10.2 Å². The molecule has 1 fully saturated rings. The van der Waals surface area contributed by atoms with Crippen LogP contribution in [-0.4, -0.2) is 37.1 Å². The van der Waals surface area contributed by atoms with Gasteiger partial charge in [0.25, 0.3) is 0 Å². The maximum Gasteiger partial charge on any atom is 0.0128 e. The van der Waals surface area contributed by atoms with Crippen molar-refractivity contribution in [2.75, 3.05) is 20.1 Å². The summed E-state index contributed by atoms with van der Waals surface area (Å²) in [5.74, 6) is 0. The van der Waals surface area contributed by atoms with Crippen molar-refractivity contribution in [3.05, 3.63) is 0 Å². The van der Waals surface area contributed by atoms with Gasteiger partial charge in [0.15, 0.2) is 0 Å². The number of hydrogen-bond acceptors (Lipinski definition) is 2. The number of hydrogen-bond donors (Lipinski definition) is 1. The van der Waals surface area contributed by atoms with Crippen LogP contribution in [0, 0.1) is 5.41 Å². The molecule has 2 heteroatoms. The van der Waals surface area contributed by atoms with Crippen molar-refractivity contribution >= 4 is 0 Å². The normalized spacial score (nSPS) is 20.1. The van der Waals surface area contributed by atoms with Gasteiger partial charge in [-0.15, -0.1) is 0 Å². The fourth-order valence-corrected chi connectivity index (χ4v) is 2.95.